The van der Waals surface area contributed by atoms with Gasteiger partial charge in [0, 0.05) is 23.7 Å². The molecule has 11 heteroatoms. The smallest absolute Gasteiger partial charge is 0.377 e. The summed E-state index contributed by atoms with van der Waals surface area (Å²) in [5, 5.41) is 3.35. The van der Waals surface area contributed by atoms with Gasteiger partial charge in [-0.2, -0.15) is 4.98 Å². The highest BCUT2D eigenvalue weighted by atomic mass is 35.5. The summed E-state index contributed by atoms with van der Waals surface area (Å²) in [5.41, 5.74) is 5.78. The minimum Gasteiger partial charge on any atom is -0.377 e. The first-order chi connectivity index (χ1) is 19.4. The van der Waals surface area contributed by atoms with E-state index in [4.69, 9.17) is 36.1 Å². The van der Waals surface area contributed by atoms with Crippen molar-refractivity contribution in [1.29, 1.82) is 0 Å². The van der Waals surface area contributed by atoms with Gasteiger partial charge in [-0.1, -0.05) is 57.3 Å². The van der Waals surface area contributed by atoms with Crippen molar-refractivity contribution in [1.82, 2.24) is 30.3 Å². The Morgan fingerprint density at radius 1 is 1.15 bits per heavy atom. The molecule has 3 fully saturated rings. The molecule has 40 heavy (non-hydrogen) atoms. The predicted octanol–water partition coefficient (Wildman–Crippen LogP) is 5.47. The van der Waals surface area contributed by atoms with Gasteiger partial charge in [-0.3, -0.25) is 5.32 Å². The normalized spacial score (nSPS) is 25.4. The third kappa shape index (κ3) is 5.62. The van der Waals surface area contributed by atoms with E-state index in [1.807, 2.05) is 24.3 Å². The highest BCUT2D eigenvalue weighted by Crippen LogP contribution is 2.37. The van der Waals surface area contributed by atoms with Gasteiger partial charge >= 0.3 is 6.09 Å². The summed E-state index contributed by atoms with van der Waals surface area (Å²) in [6, 6.07) is 7.92. The molecule has 1 aromatic carbocycles. The number of anilines is 1. The van der Waals surface area contributed by atoms with Crippen molar-refractivity contribution in [3.63, 3.8) is 0 Å². The fraction of sp³-hybridized carbons (Fsp3) is 0.586. The van der Waals surface area contributed by atoms with Gasteiger partial charge in [0.15, 0.2) is 17.6 Å². The Bertz CT molecular complexity index is 1370. The van der Waals surface area contributed by atoms with E-state index in [1.54, 1.807) is 0 Å². The second-order valence-corrected chi connectivity index (χ2v) is 12.3. The van der Waals surface area contributed by atoms with Crippen LogP contribution < -0.4 is 15.7 Å². The number of aromatic nitrogens is 4. The number of rotatable bonds is 7. The average Bonchev–Trinajstić information content (AvgIpc) is 3.53. The van der Waals surface area contributed by atoms with Crippen molar-refractivity contribution in [3.05, 3.63) is 35.1 Å². The standard InChI is InChI=1S/C29H38ClN7O3/c1-17(2)13-22-16-39-12-11-36(22)28-33-25-24(37(28)15-19-9-7-18(3)8-10-19)23(20-5-4-6-21(30)14-20)31-26(32-25)27-34-29(38)40-35-27/h4-6,14,17-19,22,27,35H,7-13,15-16H2,1-3H3,(H,34,38)/t18?,19?,22-,27?/m0/s1. The molecular formula is C29H38ClN7O3. The van der Waals surface area contributed by atoms with Gasteiger partial charge < -0.3 is 19.0 Å². The molecule has 6 rings (SSSR count). The van der Waals surface area contributed by atoms with Crippen LogP contribution in [-0.2, 0) is 16.1 Å². The molecule has 4 heterocycles. The van der Waals surface area contributed by atoms with E-state index in [0.29, 0.717) is 41.5 Å². The lowest BCUT2D eigenvalue weighted by atomic mass is 9.83. The minimum atomic E-state index is -0.680. The van der Waals surface area contributed by atoms with Crippen LogP contribution >= 0.6 is 11.6 Å². The van der Waals surface area contributed by atoms with Crippen LogP contribution in [0.15, 0.2) is 24.3 Å². The SMILES string of the molecule is CC(C)C[C@H]1COCCN1c1nc2nc(C3NOC(=O)N3)nc(-c3cccc(Cl)c3)c2n1CC1CCC(C)CC1. The first-order valence-electron chi connectivity index (χ1n) is 14.5. The van der Waals surface area contributed by atoms with Crippen molar-refractivity contribution >= 4 is 34.8 Å². The predicted molar refractivity (Wildman–Crippen MR) is 154 cm³/mol. The monoisotopic (exact) mass is 567 g/mol. The third-order valence-electron chi connectivity index (χ3n) is 8.29. The van der Waals surface area contributed by atoms with E-state index in [2.05, 4.69) is 41.0 Å². The van der Waals surface area contributed by atoms with Crippen LogP contribution in [0, 0.1) is 17.8 Å². The van der Waals surface area contributed by atoms with Gasteiger partial charge in [0.1, 0.15) is 11.2 Å². The number of amides is 1. The number of nitrogens with one attached hydrogen (secondary N) is 2. The number of benzene rings is 1. The number of hydroxylamine groups is 1. The summed E-state index contributed by atoms with van der Waals surface area (Å²) in [7, 11) is 0. The molecule has 2 aromatic heterocycles. The first kappa shape index (κ1) is 27.2. The Balaban J connectivity index is 1.53. The van der Waals surface area contributed by atoms with Crippen molar-refractivity contribution in [3.8, 4) is 11.3 Å². The fourth-order valence-electron chi connectivity index (χ4n) is 6.23. The van der Waals surface area contributed by atoms with Gasteiger partial charge in [-0.25, -0.2) is 14.8 Å². The Hall–Kier alpha value is -2.95. The van der Waals surface area contributed by atoms with E-state index in [1.165, 1.54) is 25.7 Å². The second-order valence-electron chi connectivity index (χ2n) is 11.9. The molecule has 0 radical (unpaired) electrons. The number of imidazole rings is 1. The molecule has 0 spiro atoms. The zero-order chi connectivity index (χ0) is 27.8. The zero-order valence-corrected chi connectivity index (χ0v) is 24.2. The molecule has 3 aliphatic rings. The molecule has 0 bridgehead atoms. The van der Waals surface area contributed by atoms with Crippen LogP contribution in [0.4, 0.5) is 10.7 Å². The van der Waals surface area contributed by atoms with Gasteiger partial charge in [-0.05, 0) is 49.1 Å². The van der Waals surface area contributed by atoms with Crippen LogP contribution in [0.2, 0.25) is 5.02 Å². The molecule has 10 nitrogen and oxygen atoms in total. The van der Waals surface area contributed by atoms with Crippen molar-refractivity contribution in [2.24, 2.45) is 17.8 Å². The largest absolute Gasteiger partial charge is 0.427 e. The van der Waals surface area contributed by atoms with E-state index >= 15 is 0 Å². The van der Waals surface area contributed by atoms with Crippen LogP contribution in [0.3, 0.4) is 0 Å². The summed E-state index contributed by atoms with van der Waals surface area (Å²) in [6.07, 6.45) is 4.64. The van der Waals surface area contributed by atoms with Crippen molar-refractivity contribution in [2.75, 3.05) is 24.7 Å². The van der Waals surface area contributed by atoms with Crippen LogP contribution in [0.1, 0.15) is 64.9 Å². The lowest BCUT2D eigenvalue weighted by Crippen LogP contribution is -2.47. The summed E-state index contributed by atoms with van der Waals surface area (Å²) in [6.45, 7) is 9.80. The molecule has 1 saturated carbocycles. The Morgan fingerprint density at radius 3 is 2.70 bits per heavy atom. The molecule has 2 N–H and O–H groups in total. The molecule has 214 valence electrons. The molecule has 2 atom stereocenters. The van der Waals surface area contributed by atoms with E-state index < -0.39 is 12.3 Å². The minimum absolute atomic E-state index is 0.224. The van der Waals surface area contributed by atoms with Gasteiger partial charge in [0.2, 0.25) is 5.95 Å². The van der Waals surface area contributed by atoms with Crippen molar-refractivity contribution < 1.29 is 14.4 Å². The molecule has 2 aliphatic heterocycles. The Labute approximate surface area is 239 Å². The maximum atomic E-state index is 11.8. The number of nitrogens with zero attached hydrogens (tertiary/aromatic N) is 5. The topological polar surface area (TPSA) is 106 Å². The third-order valence-corrected chi connectivity index (χ3v) is 8.53. The second kappa shape index (κ2) is 11.5. The summed E-state index contributed by atoms with van der Waals surface area (Å²) >= 11 is 6.46. The summed E-state index contributed by atoms with van der Waals surface area (Å²) in [4.78, 5) is 34.2. The number of hydrogen-bond donors (Lipinski definition) is 2. The quantitative estimate of drug-likeness (QED) is 0.387. The highest BCUT2D eigenvalue weighted by Gasteiger charge is 2.33. The Kier molecular flexibility index (Phi) is 7.83. The lowest BCUT2D eigenvalue weighted by Gasteiger charge is -2.38. The summed E-state index contributed by atoms with van der Waals surface area (Å²) < 4.78 is 8.28. The fourth-order valence-corrected chi connectivity index (χ4v) is 6.42. The van der Waals surface area contributed by atoms with Gasteiger partial charge in [-0.15, -0.1) is 5.48 Å². The molecule has 1 amide bonds. The number of ether oxygens (including phenoxy) is 1. The molecule has 1 aliphatic carbocycles. The number of morpholine rings is 1. The highest BCUT2D eigenvalue weighted by molar-refractivity contribution is 6.30. The van der Waals surface area contributed by atoms with Crippen LogP contribution in [0.25, 0.3) is 22.4 Å². The number of hydrogen-bond acceptors (Lipinski definition) is 8. The van der Waals surface area contributed by atoms with Crippen molar-refractivity contribution in [2.45, 2.75) is 71.6 Å². The first-order valence-corrected chi connectivity index (χ1v) is 14.8. The average molecular weight is 568 g/mol. The number of carbonyl (C=O) groups is 1. The maximum absolute atomic E-state index is 11.8. The Morgan fingerprint density at radius 2 is 1.98 bits per heavy atom. The molecular weight excluding hydrogens is 530 g/mol. The van der Waals surface area contributed by atoms with E-state index in [0.717, 1.165) is 48.2 Å². The van der Waals surface area contributed by atoms with Gasteiger partial charge in [0.05, 0.1) is 19.3 Å². The molecule has 1 unspecified atom stereocenters. The van der Waals surface area contributed by atoms with E-state index in [-0.39, 0.29) is 6.04 Å². The molecule has 3 aromatic rings. The van der Waals surface area contributed by atoms with E-state index in [9.17, 15) is 4.79 Å². The lowest BCUT2D eigenvalue weighted by molar-refractivity contribution is 0.0863. The number of halogens is 1. The molecule has 2 saturated heterocycles. The van der Waals surface area contributed by atoms with Crippen LogP contribution in [0.5, 0.6) is 0 Å². The summed E-state index contributed by atoms with van der Waals surface area (Å²) in [5.74, 6) is 3.15. The maximum Gasteiger partial charge on any atom is 0.427 e. The van der Waals surface area contributed by atoms with Gasteiger partial charge in [0.25, 0.3) is 0 Å². The number of carbonyl (C=O) groups excluding carboxylic acids is 1. The zero-order valence-electron chi connectivity index (χ0n) is 23.4. The number of fused-ring (bicyclic) bond motifs is 1. The van der Waals surface area contributed by atoms with Crippen LogP contribution in [-0.4, -0.2) is 51.4 Å².